The third kappa shape index (κ3) is 2.65. The molecule has 0 spiro atoms. The highest BCUT2D eigenvalue weighted by molar-refractivity contribution is 5.44. The molecule has 0 aromatic heterocycles. The molecule has 0 heterocycles. The average molecular weight is 189 g/mol. The monoisotopic (exact) mass is 189 g/mol. The molecule has 4 heteroatoms. The van der Waals surface area contributed by atoms with Crippen molar-refractivity contribution >= 4 is 5.69 Å². The molecule has 0 radical (unpaired) electrons. The van der Waals surface area contributed by atoms with Crippen LogP contribution >= 0.6 is 0 Å². The average Bonchev–Trinajstić information content (AvgIpc) is 2.04. The van der Waals surface area contributed by atoms with Gasteiger partial charge in [0.2, 0.25) is 0 Å². The summed E-state index contributed by atoms with van der Waals surface area (Å²) in [7, 11) is 0. The number of hydrogen-bond donors (Lipinski definition) is 1. The van der Waals surface area contributed by atoms with Crippen molar-refractivity contribution in [3.63, 3.8) is 0 Å². The molecule has 0 amide bonds. The minimum atomic E-state index is -4.25. The van der Waals surface area contributed by atoms with Crippen LogP contribution in [0.25, 0.3) is 0 Å². The first-order valence-electron chi connectivity index (χ1n) is 3.95. The predicted molar refractivity (Wildman–Crippen MR) is 45.6 cm³/mol. The second-order valence-corrected chi connectivity index (χ2v) is 2.61. The summed E-state index contributed by atoms with van der Waals surface area (Å²) in [6.45, 7) is 2.59. The molecule has 1 nitrogen and oxygen atoms in total. The van der Waals surface area contributed by atoms with E-state index in [9.17, 15) is 13.2 Å². The van der Waals surface area contributed by atoms with Crippen LogP contribution in [0, 0.1) is 0 Å². The van der Waals surface area contributed by atoms with Gasteiger partial charge in [0.15, 0.2) is 0 Å². The van der Waals surface area contributed by atoms with Gasteiger partial charge in [0.25, 0.3) is 0 Å². The first-order valence-corrected chi connectivity index (χ1v) is 3.95. The van der Waals surface area contributed by atoms with Gasteiger partial charge in [0, 0.05) is 12.2 Å². The maximum absolute atomic E-state index is 12.1. The van der Waals surface area contributed by atoms with E-state index in [1.807, 2.05) is 6.92 Å². The zero-order chi connectivity index (χ0) is 9.90. The highest BCUT2D eigenvalue weighted by atomic mass is 19.4. The number of anilines is 1. The van der Waals surface area contributed by atoms with Crippen LogP contribution in [0.2, 0.25) is 0 Å². The van der Waals surface area contributed by atoms with E-state index in [1.165, 1.54) is 12.1 Å². The Kier molecular flexibility index (Phi) is 2.80. The van der Waals surface area contributed by atoms with Gasteiger partial charge >= 0.3 is 6.18 Å². The topological polar surface area (TPSA) is 12.0 Å². The van der Waals surface area contributed by atoms with E-state index in [2.05, 4.69) is 5.32 Å². The van der Waals surface area contributed by atoms with Crippen LogP contribution in [0.3, 0.4) is 0 Å². The smallest absolute Gasteiger partial charge is 0.385 e. The van der Waals surface area contributed by atoms with Crippen LogP contribution < -0.4 is 5.32 Å². The lowest BCUT2D eigenvalue weighted by molar-refractivity contribution is -0.137. The van der Waals surface area contributed by atoms with Gasteiger partial charge < -0.3 is 5.32 Å². The molecule has 0 saturated carbocycles. The SMILES string of the molecule is CCNc1ccc(C(F)(F)F)cc1. The summed E-state index contributed by atoms with van der Waals surface area (Å²) in [5.74, 6) is 0. The van der Waals surface area contributed by atoms with Crippen LogP contribution in [0.15, 0.2) is 24.3 Å². The molecule has 0 bridgehead atoms. The molecular weight excluding hydrogens is 179 g/mol. The Hall–Kier alpha value is -1.19. The molecule has 1 aromatic rings. The normalized spacial score (nSPS) is 11.4. The van der Waals surface area contributed by atoms with Crippen molar-refractivity contribution in [2.24, 2.45) is 0 Å². The molecule has 1 rings (SSSR count). The number of alkyl halides is 3. The summed E-state index contributed by atoms with van der Waals surface area (Å²) in [6.07, 6.45) is -4.25. The first kappa shape index (κ1) is 9.89. The lowest BCUT2D eigenvalue weighted by Crippen LogP contribution is -2.05. The Morgan fingerprint density at radius 1 is 1.15 bits per heavy atom. The van der Waals surface area contributed by atoms with Gasteiger partial charge in [-0.1, -0.05) is 0 Å². The maximum Gasteiger partial charge on any atom is 0.416 e. The van der Waals surface area contributed by atoms with Gasteiger partial charge in [-0.3, -0.25) is 0 Å². The number of benzene rings is 1. The molecule has 0 aliphatic rings. The zero-order valence-electron chi connectivity index (χ0n) is 7.15. The fourth-order valence-corrected chi connectivity index (χ4v) is 0.981. The summed E-state index contributed by atoms with van der Waals surface area (Å²) in [5, 5.41) is 2.92. The van der Waals surface area contributed by atoms with Crippen LogP contribution in [0.4, 0.5) is 18.9 Å². The molecule has 0 aliphatic heterocycles. The number of nitrogens with one attached hydrogen (secondary N) is 1. The van der Waals surface area contributed by atoms with Gasteiger partial charge in [-0.15, -0.1) is 0 Å². The third-order valence-corrected chi connectivity index (χ3v) is 1.59. The predicted octanol–water partition coefficient (Wildman–Crippen LogP) is 3.14. The molecular formula is C9H10F3N. The van der Waals surface area contributed by atoms with Crippen LogP contribution in [-0.2, 0) is 6.18 Å². The molecule has 72 valence electrons. The van der Waals surface area contributed by atoms with Gasteiger partial charge in [-0.2, -0.15) is 13.2 Å². The molecule has 0 fully saturated rings. The molecule has 0 unspecified atom stereocenters. The van der Waals surface area contributed by atoms with Gasteiger partial charge in [0.05, 0.1) is 5.56 Å². The largest absolute Gasteiger partial charge is 0.416 e. The van der Waals surface area contributed by atoms with E-state index in [4.69, 9.17) is 0 Å². The number of rotatable bonds is 2. The lowest BCUT2D eigenvalue weighted by Gasteiger charge is -2.07. The van der Waals surface area contributed by atoms with E-state index >= 15 is 0 Å². The minimum Gasteiger partial charge on any atom is -0.385 e. The fraction of sp³-hybridized carbons (Fsp3) is 0.333. The highest BCUT2D eigenvalue weighted by Gasteiger charge is 2.29. The van der Waals surface area contributed by atoms with Crippen molar-refractivity contribution in [1.29, 1.82) is 0 Å². The van der Waals surface area contributed by atoms with E-state index < -0.39 is 11.7 Å². The van der Waals surface area contributed by atoms with Crippen molar-refractivity contribution in [3.05, 3.63) is 29.8 Å². The fourth-order valence-electron chi connectivity index (χ4n) is 0.981. The molecule has 0 saturated heterocycles. The molecule has 1 N–H and O–H groups in total. The lowest BCUT2D eigenvalue weighted by atomic mass is 10.2. The Labute approximate surface area is 74.6 Å². The first-order chi connectivity index (χ1) is 6.04. The second kappa shape index (κ2) is 3.68. The highest BCUT2D eigenvalue weighted by Crippen LogP contribution is 2.29. The van der Waals surface area contributed by atoms with Crippen molar-refractivity contribution in [1.82, 2.24) is 0 Å². The summed E-state index contributed by atoms with van der Waals surface area (Å²) in [5.41, 5.74) is 0.0876. The van der Waals surface area contributed by atoms with Crippen molar-refractivity contribution in [2.45, 2.75) is 13.1 Å². The summed E-state index contributed by atoms with van der Waals surface area (Å²) in [6, 6.07) is 4.98. The Morgan fingerprint density at radius 2 is 1.69 bits per heavy atom. The van der Waals surface area contributed by atoms with Crippen LogP contribution in [-0.4, -0.2) is 6.54 Å². The van der Waals surface area contributed by atoms with Gasteiger partial charge in [0.1, 0.15) is 0 Å². The Bertz CT molecular complexity index is 263. The number of halogens is 3. The standard InChI is InChI=1S/C9H10F3N/c1-2-13-8-5-3-7(4-6-8)9(10,11)12/h3-6,13H,2H2,1H3. The summed E-state index contributed by atoms with van der Waals surface area (Å²) < 4.78 is 36.3. The maximum atomic E-state index is 12.1. The van der Waals surface area contributed by atoms with Crippen molar-refractivity contribution in [3.8, 4) is 0 Å². The second-order valence-electron chi connectivity index (χ2n) is 2.61. The summed E-state index contributed by atoms with van der Waals surface area (Å²) in [4.78, 5) is 0. The van der Waals surface area contributed by atoms with Crippen molar-refractivity contribution < 1.29 is 13.2 Å². The van der Waals surface area contributed by atoms with Crippen molar-refractivity contribution in [2.75, 3.05) is 11.9 Å². The third-order valence-electron chi connectivity index (χ3n) is 1.59. The van der Waals surface area contributed by atoms with E-state index in [-0.39, 0.29) is 0 Å². The van der Waals surface area contributed by atoms with E-state index in [0.29, 0.717) is 12.2 Å². The van der Waals surface area contributed by atoms with Gasteiger partial charge in [-0.05, 0) is 31.2 Å². The van der Waals surface area contributed by atoms with Crippen LogP contribution in [0.5, 0.6) is 0 Å². The minimum absolute atomic E-state index is 0.617. The number of hydrogen-bond acceptors (Lipinski definition) is 1. The Balaban J connectivity index is 2.81. The van der Waals surface area contributed by atoms with E-state index in [0.717, 1.165) is 12.1 Å². The summed E-state index contributed by atoms with van der Waals surface area (Å²) >= 11 is 0. The molecule has 0 atom stereocenters. The molecule has 0 aliphatic carbocycles. The van der Waals surface area contributed by atoms with Crippen LogP contribution in [0.1, 0.15) is 12.5 Å². The molecule has 1 aromatic carbocycles. The Morgan fingerprint density at radius 3 is 2.08 bits per heavy atom. The zero-order valence-corrected chi connectivity index (χ0v) is 7.15. The van der Waals surface area contributed by atoms with Gasteiger partial charge in [-0.25, -0.2) is 0 Å². The quantitative estimate of drug-likeness (QED) is 0.753. The molecule has 13 heavy (non-hydrogen) atoms. The van der Waals surface area contributed by atoms with E-state index in [1.54, 1.807) is 0 Å².